The second kappa shape index (κ2) is 14.3. The Morgan fingerprint density at radius 1 is 0.283 bits per heavy atom. The average molecular weight is 748 g/mol. The zero-order chi connectivity index (χ0) is 43.1. The van der Waals surface area contributed by atoms with Gasteiger partial charge in [-0.1, -0.05) is 91.0 Å². The van der Waals surface area contributed by atoms with E-state index in [2.05, 4.69) is 188 Å². The maximum Gasteiger partial charge on any atom is 0.143 e. The molecule has 9 rings (SSSR count). The Morgan fingerprint density at radius 3 is 1.15 bits per heavy atom. The van der Waals surface area contributed by atoms with Crippen LogP contribution in [0.1, 0.15) is 0 Å². The van der Waals surface area contributed by atoms with Crippen LogP contribution in [0.4, 0.5) is 0 Å². The van der Waals surface area contributed by atoms with E-state index in [0.717, 1.165) is 27.3 Å². The van der Waals surface area contributed by atoms with Crippen LogP contribution in [-0.2, 0) is 0 Å². The van der Waals surface area contributed by atoms with E-state index < -0.39 is 0 Å². The first kappa shape index (κ1) is 40.8. The highest BCUT2D eigenvalue weighted by molar-refractivity contribution is 6.74. The van der Waals surface area contributed by atoms with Gasteiger partial charge in [0, 0.05) is 16.2 Å². The first-order valence-corrected chi connectivity index (χ1v) is 21.9. The highest BCUT2D eigenvalue weighted by Crippen LogP contribution is 2.42. The molecule has 268 valence electrons. The summed E-state index contributed by atoms with van der Waals surface area (Å²) in [6.45, 7) is 0. The van der Waals surface area contributed by atoms with Gasteiger partial charge in [0.15, 0.2) is 0 Å². The van der Waals surface area contributed by atoms with Gasteiger partial charge in [-0.15, -0.1) is 38.2 Å². The highest BCUT2D eigenvalue weighted by Gasteiger charge is 2.29. The molecule has 8 aromatic carbocycles. The molecule has 0 N–H and O–H groups in total. The predicted octanol–water partition coefficient (Wildman–Crippen LogP) is -17.6. The predicted molar refractivity (Wildman–Crippen MR) is 322 cm³/mol. The standard InChI is InChI=1S/C42H43B17O/c43-25-18-16(11-6-8-15-14(9-11)13-7-5-10-3-1-2-4-12(10)42(13)60-15)19-21(28(46)38(56)36(54)26(19)44)17(20(18)27(45)37(55)35(25)53)22-29(47)31(49)23(32(50)30(22)48)24-33(51)39(57)41(59)40(58)34(24)52/h1-9H,43-59H2. The minimum Gasteiger partial charge on any atom is -0.455 e. The van der Waals surface area contributed by atoms with E-state index in [1.165, 1.54) is 153 Å². The van der Waals surface area contributed by atoms with E-state index in [0.29, 0.717) is 0 Å². The third kappa shape index (κ3) is 5.44. The summed E-state index contributed by atoms with van der Waals surface area (Å²) in [5.74, 6) is 0. The molecule has 0 aliphatic rings. The van der Waals surface area contributed by atoms with Gasteiger partial charge in [0.25, 0.3) is 0 Å². The number of fused-ring (bicyclic) bond motifs is 7. The monoisotopic (exact) mass is 750 g/mol. The smallest absolute Gasteiger partial charge is 0.143 e. The van der Waals surface area contributed by atoms with Crippen molar-refractivity contribution in [2.75, 3.05) is 0 Å². The van der Waals surface area contributed by atoms with Crippen LogP contribution in [0.3, 0.4) is 0 Å². The average Bonchev–Trinajstić information content (AvgIpc) is 3.63. The second-order valence-electron chi connectivity index (χ2n) is 18.5. The number of hydrogen-bond donors (Lipinski definition) is 0. The molecule has 0 amide bonds. The van der Waals surface area contributed by atoms with E-state index >= 15 is 0 Å². The lowest BCUT2D eigenvalue weighted by molar-refractivity contribution is 0.672. The van der Waals surface area contributed by atoms with Gasteiger partial charge in [-0.3, -0.25) is 0 Å². The van der Waals surface area contributed by atoms with E-state index in [1.807, 2.05) is 0 Å². The second-order valence-corrected chi connectivity index (χ2v) is 18.5. The topological polar surface area (TPSA) is 13.1 Å². The van der Waals surface area contributed by atoms with Crippen LogP contribution in [0.5, 0.6) is 0 Å². The Bertz CT molecular complexity index is 3320. The molecule has 0 radical (unpaired) electrons. The van der Waals surface area contributed by atoms with Crippen LogP contribution in [0.15, 0.2) is 59.0 Å². The molecule has 18 heteroatoms. The van der Waals surface area contributed by atoms with Crippen LogP contribution in [-0.4, -0.2) is 133 Å². The maximum atomic E-state index is 6.69. The molecule has 0 aliphatic heterocycles. The Morgan fingerprint density at radius 2 is 0.667 bits per heavy atom. The molecule has 1 nitrogen and oxygen atoms in total. The molecule has 0 aliphatic carbocycles. The number of rotatable bonds is 3. The Balaban J connectivity index is 1.50. The zero-order valence-corrected chi connectivity index (χ0v) is 39.1. The van der Waals surface area contributed by atoms with E-state index in [-0.39, 0.29) is 0 Å². The molecule has 60 heavy (non-hydrogen) atoms. The molecule has 0 saturated carbocycles. The van der Waals surface area contributed by atoms with Crippen LogP contribution in [0, 0.1) is 0 Å². The van der Waals surface area contributed by atoms with Gasteiger partial charge >= 0.3 is 0 Å². The van der Waals surface area contributed by atoms with Gasteiger partial charge in [0.2, 0.25) is 0 Å². The third-order valence-electron chi connectivity index (χ3n) is 16.2. The van der Waals surface area contributed by atoms with Gasteiger partial charge in [-0.2, -0.15) is 0 Å². The molecule has 9 aromatic rings. The van der Waals surface area contributed by atoms with Crippen molar-refractivity contribution in [1.29, 1.82) is 0 Å². The summed E-state index contributed by atoms with van der Waals surface area (Å²) in [7, 11) is 40.0. The first-order chi connectivity index (χ1) is 28.4. The van der Waals surface area contributed by atoms with Crippen molar-refractivity contribution < 1.29 is 4.42 Å². The summed E-state index contributed by atoms with van der Waals surface area (Å²) in [5.41, 5.74) is 33.6. The summed E-state index contributed by atoms with van der Waals surface area (Å²) in [4.78, 5) is 0. The third-order valence-corrected chi connectivity index (χ3v) is 16.2. The van der Waals surface area contributed by atoms with Gasteiger partial charge in [0.05, 0.1) is 0 Å². The normalized spacial score (nSPS) is 11.8. The zero-order valence-electron chi connectivity index (χ0n) is 39.1. The van der Waals surface area contributed by atoms with Crippen molar-refractivity contribution in [3.63, 3.8) is 0 Å². The molecule has 0 saturated heterocycles. The lowest BCUT2D eigenvalue weighted by Gasteiger charge is -2.31. The molecular formula is C42H43B17O. The van der Waals surface area contributed by atoms with Gasteiger partial charge in [-0.25, -0.2) is 0 Å². The molecule has 1 heterocycles. The molecule has 0 atom stereocenters. The molecular weight excluding hydrogens is 704 g/mol. The molecule has 0 bridgehead atoms. The quantitative estimate of drug-likeness (QED) is 0.130. The summed E-state index contributed by atoms with van der Waals surface area (Å²) in [5, 5.41) is 10.2. The van der Waals surface area contributed by atoms with E-state index in [9.17, 15) is 0 Å². The number of furan rings is 1. The van der Waals surface area contributed by atoms with Crippen LogP contribution < -0.4 is 92.9 Å². The Labute approximate surface area is 370 Å². The molecule has 0 spiro atoms. The molecule has 1 aromatic heterocycles. The lowest BCUT2D eigenvalue weighted by atomic mass is 9.55. The summed E-state index contributed by atoms with van der Waals surface area (Å²) in [6, 6.07) is 20.0. The number of hydrogen-bond acceptors (Lipinski definition) is 1. The van der Waals surface area contributed by atoms with Gasteiger partial charge in [0.1, 0.15) is 145 Å². The van der Waals surface area contributed by atoms with E-state index in [4.69, 9.17) is 4.42 Å². The molecule has 0 unspecified atom stereocenters. The largest absolute Gasteiger partial charge is 0.455 e. The van der Waals surface area contributed by atoms with Crippen molar-refractivity contribution in [3.8, 4) is 33.4 Å². The number of benzene rings is 8. The first-order valence-electron chi connectivity index (χ1n) is 21.9. The fourth-order valence-corrected chi connectivity index (χ4v) is 11.3. The van der Waals surface area contributed by atoms with Crippen LogP contribution in [0.2, 0.25) is 0 Å². The van der Waals surface area contributed by atoms with Crippen molar-refractivity contribution in [1.82, 2.24) is 0 Å². The summed E-state index contributed by atoms with van der Waals surface area (Å²) < 4.78 is 6.69. The van der Waals surface area contributed by atoms with Crippen LogP contribution >= 0.6 is 0 Å². The van der Waals surface area contributed by atoms with Gasteiger partial charge in [-0.05, 0) is 78.5 Å². The van der Waals surface area contributed by atoms with Crippen molar-refractivity contribution in [2.45, 2.75) is 0 Å². The van der Waals surface area contributed by atoms with Crippen molar-refractivity contribution >= 4 is 281 Å². The van der Waals surface area contributed by atoms with Crippen molar-refractivity contribution in [2.24, 2.45) is 0 Å². The SMILES string of the molecule is Bc1c(B)c(B)c(-c2c(B)c(B)c(-c3c4c(B)c(B)c(B)c(B)c4c(-c4ccc5oc6c7ccccc7ccc6c5c4)c4c(B)c(B)c(B)c(B)c34)c(B)c2B)c(B)c1B. The minimum absolute atomic E-state index is 0.928. The maximum absolute atomic E-state index is 6.69. The summed E-state index contributed by atoms with van der Waals surface area (Å²) in [6.07, 6.45) is 0. The van der Waals surface area contributed by atoms with Crippen molar-refractivity contribution in [3.05, 3.63) is 54.6 Å². The fraction of sp³-hybridized carbons (Fsp3) is 0. The summed E-state index contributed by atoms with van der Waals surface area (Å²) >= 11 is 0. The minimum atomic E-state index is 0.928. The van der Waals surface area contributed by atoms with Crippen LogP contribution in [0.25, 0.3) is 87.6 Å². The van der Waals surface area contributed by atoms with E-state index in [1.54, 1.807) is 0 Å². The lowest BCUT2D eigenvalue weighted by Crippen LogP contribution is -2.57. The highest BCUT2D eigenvalue weighted by atomic mass is 16.3. The molecule has 0 fully saturated rings. The fourth-order valence-electron chi connectivity index (χ4n) is 11.3. The Kier molecular flexibility index (Phi) is 9.70. The Hall–Kier alpha value is -4.56. The van der Waals surface area contributed by atoms with Gasteiger partial charge < -0.3 is 4.42 Å².